The zero-order chi connectivity index (χ0) is 22.1. The average molecular weight is 430 g/mol. The minimum Gasteiger partial charge on any atom is -0.393 e. The van der Waals surface area contributed by atoms with E-state index in [1.165, 1.54) is 25.4 Å². The number of hydrogen-bond donors (Lipinski definition) is 4. The van der Waals surface area contributed by atoms with Gasteiger partial charge in [-0.2, -0.15) is 0 Å². The molecule has 2 aliphatic carbocycles. The third-order valence-electron chi connectivity index (χ3n) is 6.57. The normalized spacial score (nSPS) is 18.0. The van der Waals surface area contributed by atoms with E-state index in [1.807, 2.05) is 31.3 Å². The van der Waals surface area contributed by atoms with Crippen LogP contribution in [0.4, 0.5) is 0 Å². The molecule has 2 heterocycles. The van der Waals surface area contributed by atoms with Crippen LogP contribution in [-0.2, 0) is 5.54 Å². The highest BCUT2D eigenvalue weighted by atomic mass is 16.2. The molecule has 5 rings (SSSR count). The zero-order valence-electron chi connectivity index (χ0n) is 18.1. The second-order valence-corrected chi connectivity index (χ2v) is 8.67. The first-order valence-corrected chi connectivity index (χ1v) is 11.2. The Morgan fingerprint density at radius 3 is 2.78 bits per heavy atom. The van der Waals surface area contributed by atoms with E-state index in [0.717, 1.165) is 48.2 Å². The molecule has 3 aromatic rings. The number of benzene rings is 1. The Balaban J connectivity index is 1.42. The molecule has 2 aliphatic rings. The van der Waals surface area contributed by atoms with Crippen LogP contribution in [0.5, 0.6) is 0 Å². The summed E-state index contributed by atoms with van der Waals surface area (Å²) in [5, 5.41) is 13.9. The predicted octanol–water partition coefficient (Wildman–Crippen LogP) is 3.64. The SMILES string of the molecule is CN/C=C(\C=N)c1cccc(C2(NC(=O)c3ncnc4nc(C5CCCC5)[nH]c34)CC2)c1. The van der Waals surface area contributed by atoms with E-state index in [0.29, 0.717) is 22.8 Å². The number of nitrogens with zero attached hydrogens (tertiary/aromatic N) is 3. The number of fused-ring (bicyclic) bond motifs is 1. The largest absolute Gasteiger partial charge is 0.393 e. The fourth-order valence-electron chi connectivity index (χ4n) is 4.66. The molecule has 0 saturated heterocycles. The minimum absolute atomic E-state index is 0.222. The molecule has 2 saturated carbocycles. The Kier molecular flexibility index (Phi) is 5.20. The molecule has 0 spiro atoms. The molecule has 0 radical (unpaired) electrons. The summed E-state index contributed by atoms with van der Waals surface area (Å²) in [5.74, 6) is 1.10. The van der Waals surface area contributed by atoms with Crippen molar-refractivity contribution in [1.82, 2.24) is 30.6 Å². The zero-order valence-corrected chi connectivity index (χ0v) is 18.1. The number of amides is 1. The maximum atomic E-state index is 13.3. The van der Waals surface area contributed by atoms with Crippen molar-refractivity contribution in [2.24, 2.45) is 0 Å². The number of aromatic amines is 1. The standard InChI is InChI=1S/C24H27N7O/c1-26-13-17(12-25)16-7-4-8-18(11-16)24(9-10-24)31-23(32)20-19-22(28-14-27-20)30-21(29-19)15-5-2-3-6-15/h4,7-8,11-15,25-26H,2-3,5-6,9-10H2,1H3,(H,31,32)(H,27,28,29,30)/b17-13+,25-12?. The van der Waals surface area contributed by atoms with Gasteiger partial charge in [-0.15, -0.1) is 0 Å². The molecule has 0 unspecified atom stereocenters. The summed E-state index contributed by atoms with van der Waals surface area (Å²) in [6.45, 7) is 0. The van der Waals surface area contributed by atoms with E-state index in [4.69, 9.17) is 5.41 Å². The van der Waals surface area contributed by atoms with Crippen molar-refractivity contribution in [2.75, 3.05) is 7.05 Å². The quantitative estimate of drug-likeness (QED) is 0.428. The number of imidazole rings is 1. The molecule has 1 aromatic carbocycles. The summed E-state index contributed by atoms with van der Waals surface area (Å²) in [6.07, 6.45) is 10.9. The molecule has 164 valence electrons. The van der Waals surface area contributed by atoms with Crippen molar-refractivity contribution in [3.8, 4) is 0 Å². The van der Waals surface area contributed by atoms with E-state index in [-0.39, 0.29) is 5.91 Å². The topological polar surface area (TPSA) is 119 Å². The molecule has 2 aromatic heterocycles. The van der Waals surface area contributed by atoms with Gasteiger partial charge in [-0.05, 0) is 42.9 Å². The molecule has 32 heavy (non-hydrogen) atoms. The number of aromatic nitrogens is 4. The van der Waals surface area contributed by atoms with Gasteiger partial charge in [-0.3, -0.25) is 4.79 Å². The highest BCUT2D eigenvalue weighted by Crippen LogP contribution is 2.46. The highest BCUT2D eigenvalue weighted by Gasteiger charge is 2.46. The monoisotopic (exact) mass is 429 g/mol. The van der Waals surface area contributed by atoms with Gasteiger partial charge in [-0.25, -0.2) is 15.0 Å². The van der Waals surface area contributed by atoms with Crippen molar-refractivity contribution in [2.45, 2.75) is 50.0 Å². The molecule has 1 amide bonds. The van der Waals surface area contributed by atoms with E-state index < -0.39 is 5.54 Å². The van der Waals surface area contributed by atoms with E-state index in [9.17, 15) is 4.79 Å². The van der Waals surface area contributed by atoms with Gasteiger partial charge in [0.25, 0.3) is 5.91 Å². The van der Waals surface area contributed by atoms with Crippen LogP contribution in [0, 0.1) is 5.41 Å². The Hall–Kier alpha value is -3.55. The number of hydrogen-bond acceptors (Lipinski definition) is 6. The van der Waals surface area contributed by atoms with Crippen LogP contribution in [-0.4, -0.2) is 39.1 Å². The van der Waals surface area contributed by atoms with Crippen LogP contribution in [0.3, 0.4) is 0 Å². The Morgan fingerprint density at radius 1 is 1.25 bits per heavy atom. The summed E-state index contributed by atoms with van der Waals surface area (Å²) in [4.78, 5) is 29.8. The number of H-pyrrole nitrogens is 1. The summed E-state index contributed by atoms with van der Waals surface area (Å²) in [7, 11) is 1.81. The molecule has 2 fully saturated rings. The molecular formula is C24H27N7O. The number of rotatable bonds is 7. The predicted molar refractivity (Wildman–Crippen MR) is 124 cm³/mol. The minimum atomic E-state index is -0.411. The van der Waals surface area contributed by atoms with Crippen LogP contribution in [0.15, 0.2) is 36.8 Å². The molecule has 0 bridgehead atoms. The lowest BCUT2D eigenvalue weighted by atomic mass is 9.98. The van der Waals surface area contributed by atoms with Gasteiger partial charge < -0.3 is 21.0 Å². The molecule has 4 N–H and O–H groups in total. The maximum absolute atomic E-state index is 13.3. The first-order chi connectivity index (χ1) is 15.6. The Bertz CT molecular complexity index is 1200. The molecule has 8 heteroatoms. The second-order valence-electron chi connectivity index (χ2n) is 8.67. The van der Waals surface area contributed by atoms with Gasteiger partial charge >= 0.3 is 0 Å². The summed E-state index contributed by atoms with van der Waals surface area (Å²) in [5.41, 5.74) is 3.84. The van der Waals surface area contributed by atoms with Crippen LogP contribution in [0.2, 0.25) is 0 Å². The van der Waals surface area contributed by atoms with Gasteiger partial charge in [-0.1, -0.05) is 31.0 Å². The summed E-state index contributed by atoms with van der Waals surface area (Å²) in [6, 6.07) is 8.02. The van der Waals surface area contributed by atoms with Gasteiger partial charge in [0.05, 0.1) is 5.54 Å². The lowest BCUT2D eigenvalue weighted by Gasteiger charge is -2.19. The Morgan fingerprint density at radius 2 is 2.06 bits per heavy atom. The van der Waals surface area contributed by atoms with Crippen molar-refractivity contribution < 1.29 is 4.79 Å². The van der Waals surface area contributed by atoms with Crippen molar-refractivity contribution >= 4 is 28.9 Å². The highest BCUT2D eigenvalue weighted by molar-refractivity contribution is 6.08. The van der Waals surface area contributed by atoms with Gasteiger partial charge in [0, 0.05) is 31.0 Å². The molecular weight excluding hydrogens is 402 g/mol. The maximum Gasteiger partial charge on any atom is 0.272 e. The van der Waals surface area contributed by atoms with Crippen molar-refractivity contribution in [3.63, 3.8) is 0 Å². The van der Waals surface area contributed by atoms with E-state index in [1.54, 1.807) is 6.20 Å². The molecule has 0 aliphatic heterocycles. The summed E-state index contributed by atoms with van der Waals surface area (Å²) < 4.78 is 0. The van der Waals surface area contributed by atoms with Crippen LogP contribution >= 0.6 is 0 Å². The summed E-state index contributed by atoms with van der Waals surface area (Å²) >= 11 is 0. The molecule has 8 nitrogen and oxygen atoms in total. The Labute approximate surface area is 186 Å². The molecule has 0 atom stereocenters. The fraction of sp³-hybridized carbons (Fsp3) is 0.375. The lowest BCUT2D eigenvalue weighted by Crippen LogP contribution is -2.35. The van der Waals surface area contributed by atoms with Crippen molar-refractivity contribution in [3.05, 3.63) is 59.4 Å². The third kappa shape index (κ3) is 3.66. The number of allylic oxidation sites excluding steroid dienone is 1. The smallest absolute Gasteiger partial charge is 0.272 e. The van der Waals surface area contributed by atoms with E-state index in [2.05, 4.69) is 30.6 Å². The van der Waals surface area contributed by atoms with Crippen molar-refractivity contribution in [1.29, 1.82) is 5.41 Å². The second kappa shape index (κ2) is 8.18. The van der Waals surface area contributed by atoms with Gasteiger partial charge in [0.1, 0.15) is 17.7 Å². The lowest BCUT2D eigenvalue weighted by molar-refractivity contribution is 0.0927. The van der Waals surface area contributed by atoms with Gasteiger partial charge in [0.2, 0.25) is 0 Å². The van der Waals surface area contributed by atoms with E-state index >= 15 is 0 Å². The number of carbonyl (C=O) groups excluding carboxylic acids is 1. The first kappa shape index (κ1) is 20.4. The van der Waals surface area contributed by atoms with Crippen LogP contribution < -0.4 is 10.6 Å². The fourth-order valence-corrected chi connectivity index (χ4v) is 4.66. The number of nitrogens with one attached hydrogen (secondary N) is 4. The third-order valence-corrected chi connectivity index (χ3v) is 6.57. The van der Waals surface area contributed by atoms with Crippen LogP contribution in [0.1, 0.15) is 71.9 Å². The van der Waals surface area contributed by atoms with Gasteiger partial charge in [0.15, 0.2) is 11.3 Å². The number of carbonyl (C=O) groups is 1. The average Bonchev–Trinajstić information content (AvgIpc) is 3.21. The first-order valence-electron chi connectivity index (χ1n) is 11.2. The van der Waals surface area contributed by atoms with Crippen LogP contribution in [0.25, 0.3) is 16.7 Å².